The molecule has 0 bridgehead atoms. The van der Waals surface area contributed by atoms with Gasteiger partial charge in [0.15, 0.2) is 0 Å². The molecule has 1 fully saturated rings. The molecular weight excluding hydrogens is 1690 g/mol. The molecule has 17 N–H and O–H groups in total. The second kappa shape index (κ2) is 50.3. The maximum atomic E-state index is 15.0. The zero-order chi connectivity index (χ0) is 91.2. The van der Waals surface area contributed by atoms with Crippen molar-refractivity contribution in [2.45, 2.75) is 193 Å². The molecule has 1 aliphatic carbocycles. The highest BCUT2D eigenvalue weighted by atomic mass is 32.2. The Hall–Kier alpha value is -11.9. The number of nitrogens with two attached hydrogens (primary N) is 2. The van der Waals surface area contributed by atoms with E-state index in [4.69, 9.17) is 31.8 Å². The van der Waals surface area contributed by atoms with Crippen molar-refractivity contribution in [2.24, 2.45) is 17.4 Å². The Labute approximate surface area is 745 Å². The number of aryl methyl sites for hydroxylation is 2. The van der Waals surface area contributed by atoms with Crippen molar-refractivity contribution < 1.29 is 74.3 Å². The van der Waals surface area contributed by atoms with Crippen LogP contribution >= 0.6 is 23.5 Å². The van der Waals surface area contributed by atoms with Crippen LogP contribution in [0.3, 0.4) is 0 Å². The predicted octanol–water partition coefficient (Wildman–Crippen LogP) is 7.06. The van der Waals surface area contributed by atoms with Crippen LogP contribution in [0, 0.1) is 30.6 Å². The lowest BCUT2D eigenvalue weighted by Gasteiger charge is -2.37. The van der Waals surface area contributed by atoms with E-state index in [1.807, 2.05) is 55.5 Å². The normalized spacial score (nSPS) is 14.1. The lowest BCUT2D eigenvalue weighted by atomic mass is 9.85. The maximum Gasteiger partial charge on any atom is 0.417 e. The van der Waals surface area contributed by atoms with Crippen LogP contribution in [0.15, 0.2) is 204 Å². The van der Waals surface area contributed by atoms with Gasteiger partial charge in [0, 0.05) is 67.4 Å². The summed E-state index contributed by atoms with van der Waals surface area (Å²) in [4.78, 5) is 146. The van der Waals surface area contributed by atoms with Crippen molar-refractivity contribution in [2.75, 3.05) is 38.5 Å². The Bertz CT molecular complexity index is 5010. The smallest absolute Gasteiger partial charge is 0.417 e. The number of amides is 10. The van der Waals surface area contributed by atoms with Gasteiger partial charge in [-0.15, -0.1) is 11.8 Å². The molecule has 0 heterocycles. The first-order valence-electron chi connectivity index (χ1n) is 41.8. The standard InChI is InChI=1S/C90H116N16O16S4/c1-6-121-68-40-38-64(39-41-68)53-72(99-78(108)55-90(46-20-11-21-47-90)124-58-67-30-18-10-19-31-67)81(110)100-73(52-63-24-12-7-13-25-63)83(112)103-79(60(2)3)85(114)101-74(54-77(92)107)82(111)102-75(59-123-57-66-28-16-9-17-29-66)80(109)95-50-51-96-84(113)76(33-23-49-98-88(94)105-126(119,120)70-44-36-62(5)37-45-70)106(89(116)122-56-65-26-14-8-15-27-65)86(115)71(91)32-22-48-97-87(93)104-125(117,118)69-42-34-61(4)35-43-69/h7-10,12-19,24-31,34-45,60,71-76,79H,6,11,20-23,32-33,46-59,91H2,1-5H3,(H2,92,107)(H,95,109)(H,96,113)(H,99,108)(H,100,110)(H,101,114)(H,102,111)(H,103,112)(H3,93,97,104)(H3,94,98,105)/t71-,72+,73-,74-,75-,76-,79-/m0/s1. The number of nitrogens with one attached hydrogen (secondary N) is 13. The lowest BCUT2D eigenvalue weighted by Crippen LogP contribution is -2.61. The molecule has 36 heteroatoms. The molecular formula is C90H116N16O16S4. The summed E-state index contributed by atoms with van der Waals surface area (Å²) < 4.78 is 67.8. The highest BCUT2D eigenvalue weighted by Gasteiger charge is 2.41. The van der Waals surface area contributed by atoms with E-state index in [1.165, 1.54) is 36.0 Å². The molecule has 7 atom stereocenters. The first-order chi connectivity index (χ1) is 60.3. The predicted molar refractivity (Wildman–Crippen MR) is 485 cm³/mol. The third kappa shape index (κ3) is 33.2. The first kappa shape index (κ1) is 99.6. The van der Waals surface area contributed by atoms with Crippen LogP contribution in [0.25, 0.3) is 0 Å². The van der Waals surface area contributed by atoms with E-state index in [9.17, 15) is 55.2 Å². The highest BCUT2D eigenvalue weighted by Crippen LogP contribution is 2.44. The fourth-order valence-corrected chi connectivity index (χ4v) is 18.2. The zero-order valence-electron chi connectivity index (χ0n) is 71.4. The molecule has 8 rings (SSSR count). The van der Waals surface area contributed by atoms with Gasteiger partial charge < -0.3 is 68.8 Å². The number of ether oxygens (including phenoxy) is 2. The zero-order valence-corrected chi connectivity index (χ0v) is 74.7. The number of hydrogen-bond acceptors (Lipinski definition) is 21. The Morgan fingerprint density at radius 2 is 0.960 bits per heavy atom. The number of carbonyl (C=O) groups excluding carboxylic acids is 10. The van der Waals surface area contributed by atoms with Gasteiger partial charge in [0.05, 0.1) is 28.9 Å². The van der Waals surface area contributed by atoms with Crippen molar-refractivity contribution in [3.63, 3.8) is 0 Å². The van der Waals surface area contributed by atoms with Gasteiger partial charge in [0.1, 0.15) is 48.6 Å². The van der Waals surface area contributed by atoms with Crippen LogP contribution in [-0.2, 0) is 98.9 Å². The summed E-state index contributed by atoms with van der Waals surface area (Å²) in [5, 5.41) is 41.4. The second-order valence-electron chi connectivity index (χ2n) is 31.0. The fourth-order valence-electron chi connectivity index (χ4n) is 13.8. The van der Waals surface area contributed by atoms with Gasteiger partial charge in [-0.3, -0.25) is 54.0 Å². The molecule has 126 heavy (non-hydrogen) atoms. The van der Waals surface area contributed by atoms with Crippen LogP contribution in [0.4, 0.5) is 4.79 Å². The molecule has 10 amide bonds. The molecule has 676 valence electrons. The van der Waals surface area contributed by atoms with Crippen LogP contribution in [-0.4, -0.2) is 178 Å². The van der Waals surface area contributed by atoms with E-state index in [2.05, 4.69) is 69.4 Å². The van der Waals surface area contributed by atoms with Crippen LogP contribution in [0.1, 0.15) is 130 Å². The van der Waals surface area contributed by atoms with Crippen molar-refractivity contribution in [3.8, 4) is 5.75 Å². The van der Waals surface area contributed by atoms with E-state index in [0.29, 0.717) is 45.5 Å². The molecule has 7 aromatic rings. The number of thioether (sulfide) groups is 2. The Morgan fingerprint density at radius 3 is 1.48 bits per heavy atom. The van der Waals surface area contributed by atoms with E-state index < -0.39 is 151 Å². The topological polar surface area (TPSA) is 493 Å². The van der Waals surface area contributed by atoms with Gasteiger partial charge in [-0.25, -0.2) is 36.0 Å². The summed E-state index contributed by atoms with van der Waals surface area (Å²) in [5.74, 6) is -8.22. The molecule has 0 aromatic heterocycles. The minimum Gasteiger partial charge on any atom is -0.494 e. The number of hydrogen-bond donors (Lipinski definition) is 15. The Morgan fingerprint density at radius 1 is 0.500 bits per heavy atom. The van der Waals surface area contributed by atoms with Crippen LogP contribution in [0.2, 0.25) is 0 Å². The van der Waals surface area contributed by atoms with Crippen molar-refractivity contribution >= 4 is 115 Å². The Kier molecular flexibility index (Phi) is 39.8. The number of carbonyl (C=O) groups is 10. The van der Waals surface area contributed by atoms with Gasteiger partial charge >= 0.3 is 6.09 Å². The highest BCUT2D eigenvalue weighted by molar-refractivity contribution is 8.00. The number of imide groups is 1. The van der Waals surface area contributed by atoms with Crippen molar-refractivity contribution in [1.82, 2.24) is 62.2 Å². The van der Waals surface area contributed by atoms with Gasteiger partial charge in [-0.2, -0.15) is 11.8 Å². The lowest BCUT2D eigenvalue weighted by molar-refractivity contribution is -0.140. The average Bonchev–Trinajstić information content (AvgIpc) is 0.831. The van der Waals surface area contributed by atoms with Crippen LogP contribution in [0.5, 0.6) is 5.75 Å². The molecule has 32 nitrogen and oxygen atoms in total. The van der Waals surface area contributed by atoms with Crippen molar-refractivity contribution in [1.29, 1.82) is 10.8 Å². The molecule has 1 saturated carbocycles. The monoisotopic (exact) mass is 1800 g/mol. The molecule has 0 spiro atoms. The number of guanidine groups is 2. The quantitative estimate of drug-likeness (QED) is 0.0103. The summed E-state index contributed by atoms with van der Waals surface area (Å²) in [7, 11) is -8.41. The van der Waals surface area contributed by atoms with E-state index >= 15 is 9.59 Å². The summed E-state index contributed by atoms with van der Waals surface area (Å²) in [5.41, 5.74) is 17.7. The first-order valence-corrected chi connectivity index (χ1v) is 46.9. The van der Waals surface area contributed by atoms with E-state index in [-0.39, 0.29) is 92.6 Å². The van der Waals surface area contributed by atoms with Gasteiger partial charge in [-0.1, -0.05) is 202 Å². The molecule has 1 aliphatic rings. The number of sulfonamides is 2. The van der Waals surface area contributed by atoms with Crippen LogP contribution < -0.4 is 73.5 Å². The minimum absolute atomic E-state index is 0.0111. The number of rotatable bonds is 48. The fraction of sp³-hybridized carbons (Fsp3) is 0.400. The van der Waals surface area contributed by atoms with Crippen molar-refractivity contribution in [3.05, 3.63) is 233 Å². The summed E-state index contributed by atoms with van der Waals surface area (Å²) >= 11 is 2.98. The summed E-state index contributed by atoms with van der Waals surface area (Å²) in [6.45, 7) is 7.59. The van der Waals surface area contributed by atoms with Gasteiger partial charge in [0.2, 0.25) is 65.1 Å². The van der Waals surface area contributed by atoms with Gasteiger partial charge in [-0.05, 0) is 129 Å². The second-order valence-corrected chi connectivity index (χ2v) is 36.9. The number of benzene rings is 7. The Balaban J connectivity index is 0.982. The molecule has 0 saturated heterocycles. The third-order valence-electron chi connectivity index (χ3n) is 20.6. The number of nitrogens with zero attached hydrogens (tertiary/aromatic N) is 1. The summed E-state index contributed by atoms with van der Waals surface area (Å²) in [6.07, 6.45) is 1.82. The largest absolute Gasteiger partial charge is 0.494 e. The molecule has 0 radical (unpaired) electrons. The maximum absolute atomic E-state index is 15.0. The van der Waals surface area contributed by atoms with Gasteiger partial charge in [0.25, 0.3) is 20.0 Å². The summed E-state index contributed by atoms with van der Waals surface area (Å²) in [6, 6.07) is 44.8. The molecule has 0 aliphatic heterocycles. The van der Waals surface area contributed by atoms with E-state index in [0.717, 1.165) is 54.4 Å². The number of primary amides is 1. The molecule has 7 aromatic carbocycles. The molecule has 0 unspecified atom stereocenters. The average molecular weight is 1810 g/mol. The van der Waals surface area contributed by atoms with E-state index in [1.54, 1.807) is 149 Å². The third-order valence-corrected chi connectivity index (χ3v) is 26.1. The minimum atomic E-state index is -4.24. The SMILES string of the molecule is CCOc1ccc(C[C@@H](NC(=O)CC2(SCc3ccccc3)CCCCC2)C(=O)N[C@@H](Cc2ccccc2)C(=O)N[C@H](C(=O)N[C@@H](CC(N)=O)C(=O)N[C@@H](CSCc2ccccc2)C(=O)NCCNC(=O)[C@H](CCCNC(=N)NS(=O)(=O)c2ccc(C)cc2)N(C(=O)OCc2ccccc2)C(=O)[C@@H](N)CCCNC(=N)NS(=O)(=O)c2ccc(C)cc2)C(C)C)cc1.